The Bertz CT molecular complexity index is 917. The molecule has 0 aliphatic carbocycles. The zero-order valence-corrected chi connectivity index (χ0v) is 17.1. The molecular formula is C21H27N5O4. The third-order valence-corrected chi connectivity index (χ3v) is 6.40. The maximum Gasteiger partial charge on any atom is 0.231 e. The third kappa shape index (κ3) is 3.87. The number of hydrogen-bond acceptors (Lipinski definition) is 7. The molecule has 0 saturated carbocycles. The van der Waals surface area contributed by atoms with Crippen molar-refractivity contribution in [3.8, 4) is 11.5 Å². The lowest BCUT2D eigenvalue weighted by Crippen LogP contribution is -2.58. The van der Waals surface area contributed by atoms with Gasteiger partial charge in [0.2, 0.25) is 12.7 Å². The molecular weight excluding hydrogens is 386 g/mol. The van der Waals surface area contributed by atoms with E-state index in [1.165, 1.54) is 0 Å². The number of nitrogens with one attached hydrogen (secondary N) is 1. The van der Waals surface area contributed by atoms with Crippen molar-refractivity contribution < 1.29 is 19.0 Å². The minimum Gasteiger partial charge on any atom is -0.454 e. The van der Waals surface area contributed by atoms with Crippen LogP contribution in [-0.4, -0.2) is 58.8 Å². The van der Waals surface area contributed by atoms with Crippen LogP contribution in [0.5, 0.6) is 11.5 Å². The molecule has 4 aliphatic heterocycles. The first kappa shape index (κ1) is 19.3. The van der Waals surface area contributed by atoms with Crippen molar-refractivity contribution in [2.24, 2.45) is 11.8 Å². The van der Waals surface area contributed by atoms with Crippen molar-refractivity contribution in [1.29, 1.82) is 0 Å². The zero-order chi connectivity index (χ0) is 20.5. The fraction of sp³-hybridized carbons (Fsp3) is 0.571. The van der Waals surface area contributed by atoms with Crippen molar-refractivity contribution >= 4 is 5.91 Å². The van der Waals surface area contributed by atoms with Gasteiger partial charge in [0.05, 0.1) is 25.3 Å². The van der Waals surface area contributed by atoms with Crippen LogP contribution in [0.4, 0.5) is 0 Å². The Hall–Kier alpha value is -2.65. The van der Waals surface area contributed by atoms with Crippen LogP contribution in [0, 0.1) is 11.8 Å². The summed E-state index contributed by atoms with van der Waals surface area (Å²) in [4.78, 5) is 15.3. The summed E-state index contributed by atoms with van der Waals surface area (Å²) >= 11 is 0. The van der Waals surface area contributed by atoms with Crippen molar-refractivity contribution in [2.45, 2.75) is 38.6 Å². The number of amides is 1. The zero-order valence-electron chi connectivity index (χ0n) is 17.1. The molecule has 30 heavy (non-hydrogen) atoms. The first-order valence-corrected chi connectivity index (χ1v) is 10.5. The van der Waals surface area contributed by atoms with E-state index in [0.717, 1.165) is 55.2 Å². The number of piperidine rings is 3. The number of fused-ring (bicyclic) bond motifs is 4. The maximum atomic E-state index is 12.9. The van der Waals surface area contributed by atoms with E-state index < -0.39 is 0 Å². The predicted octanol–water partition coefficient (Wildman–Crippen LogP) is 1.18. The van der Waals surface area contributed by atoms with E-state index >= 15 is 0 Å². The first-order chi connectivity index (χ1) is 14.7. The number of rotatable bonds is 7. The number of aromatic nitrogens is 3. The number of methoxy groups -OCH3 is 1. The normalized spacial score (nSPS) is 26.7. The van der Waals surface area contributed by atoms with Gasteiger partial charge in [-0.05, 0) is 43.0 Å². The Morgan fingerprint density at radius 1 is 1.33 bits per heavy atom. The molecule has 2 bridgehead atoms. The van der Waals surface area contributed by atoms with E-state index in [0.29, 0.717) is 25.1 Å². The van der Waals surface area contributed by atoms with Crippen molar-refractivity contribution in [2.75, 3.05) is 27.0 Å². The van der Waals surface area contributed by atoms with Crippen LogP contribution in [0.3, 0.4) is 0 Å². The summed E-state index contributed by atoms with van der Waals surface area (Å²) in [5.41, 5.74) is 1.86. The lowest BCUT2D eigenvalue weighted by molar-refractivity contribution is -0.133. The highest BCUT2D eigenvalue weighted by Crippen LogP contribution is 2.37. The molecule has 9 nitrogen and oxygen atoms in total. The summed E-state index contributed by atoms with van der Waals surface area (Å²) in [6.07, 6.45) is 4.04. The highest BCUT2D eigenvalue weighted by atomic mass is 16.7. The van der Waals surface area contributed by atoms with Gasteiger partial charge < -0.3 is 19.5 Å². The Morgan fingerprint density at radius 2 is 2.23 bits per heavy atom. The predicted molar refractivity (Wildman–Crippen MR) is 107 cm³/mol. The Morgan fingerprint density at radius 3 is 3.07 bits per heavy atom. The van der Waals surface area contributed by atoms with Gasteiger partial charge in [0.1, 0.15) is 5.69 Å². The van der Waals surface area contributed by atoms with Gasteiger partial charge in [-0.25, -0.2) is 0 Å². The van der Waals surface area contributed by atoms with E-state index in [-0.39, 0.29) is 18.6 Å². The van der Waals surface area contributed by atoms with Gasteiger partial charge in [-0.3, -0.25) is 14.4 Å². The van der Waals surface area contributed by atoms with E-state index in [9.17, 15) is 4.79 Å². The van der Waals surface area contributed by atoms with Crippen molar-refractivity contribution in [3.05, 3.63) is 35.7 Å². The van der Waals surface area contributed by atoms with Gasteiger partial charge in [0.25, 0.3) is 0 Å². The van der Waals surface area contributed by atoms with Gasteiger partial charge in [-0.1, -0.05) is 11.3 Å². The highest BCUT2D eigenvalue weighted by Gasteiger charge is 2.43. The average molecular weight is 413 g/mol. The largest absolute Gasteiger partial charge is 0.454 e. The van der Waals surface area contributed by atoms with Gasteiger partial charge in [-0.15, -0.1) is 5.10 Å². The molecule has 1 aromatic carbocycles. The number of hydrogen-bond donors (Lipinski definition) is 1. The number of benzene rings is 1. The lowest BCUT2D eigenvalue weighted by Gasteiger charge is -2.49. The molecule has 2 unspecified atom stereocenters. The van der Waals surface area contributed by atoms with Gasteiger partial charge in [0.15, 0.2) is 11.5 Å². The summed E-state index contributed by atoms with van der Waals surface area (Å²) < 4.78 is 17.8. The molecule has 6 rings (SSSR count). The fourth-order valence-electron chi connectivity index (χ4n) is 4.85. The Balaban J connectivity index is 1.16. The van der Waals surface area contributed by atoms with Crippen molar-refractivity contribution in [3.63, 3.8) is 0 Å². The highest BCUT2D eigenvalue weighted by molar-refractivity contribution is 5.79. The van der Waals surface area contributed by atoms with Gasteiger partial charge >= 0.3 is 0 Å². The summed E-state index contributed by atoms with van der Waals surface area (Å²) in [7, 11) is 1.66. The number of carbonyl (C=O) groups excluding carboxylic acids is 1. The summed E-state index contributed by atoms with van der Waals surface area (Å²) in [5, 5.41) is 11.5. The molecule has 3 saturated heterocycles. The Kier molecular flexibility index (Phi) is 5.30. The molecule has 2 aromatic rings. The fourth-order valence-corrected chi connectivity index (χ4v) is 4.85. The van der Waals surface area contributed by atoms with Crippen LogP contribution in [0.25, 0.3) is 0 Å². The molecule has 3 fully saturated rings. The number of carbonyl (C=O) groups is 1. The summed E-state index contributed by atoms with van der Waals surface area (Å²) in [6.45, 7) is 3.89. The topological polar surface area (TPSA) is 90.7 Å². The average Bonchev–Trinajstić information content (AvgIpc) is 3.41. The smallest absolute Gasteiger partial charge is 0.231 e. The van der Waals surface area contributed by atoms with Gasteiger partial charge in [-0.2, -0.15) is 0 Å². The maximum absolute atomic E-state index is 12.9. The SMILES string of the molecule is COCc1cn(C[C@H]2CC3CCN2C[C@@H]3C(=O)NCc2ccc3c(c2)OCO3)nn1. The van der Waals surface area contributed by atoms with E-state index in [1.54, 1.807) is 7.11 Å². The second-order valence-corrected chi connectivity index (χ2v) is 8.31. The van der Waals surface area contributed by atoms with Crippen LogP contribution >= 0.6 is 0 Å². The summed E-state index contributed by atoms with van der Waals surface area (Å²) in [5.74, 6) is 2.11. The molecule has 0 radical (unpaired) electrons. The number of nitrogens with zero attached hydrogens (tertiary/aromatic N) is 4. The number of ether oxygens (including phenoxy) is 3. The van der Waals surface area contributed by atoms with Crippen LogP contribution in [0.2, 0.25) is 0 Å². The minimum absolute atomic E-state index is 0.0452. The molecule has 9 heteroatoms. The molecule has 4 aliphatic rings. The Labute approximate surface area is 175 Å². The van der Waals surface area contributed by atoms with E-state index in [2.05, 4.69) is 20.5 Å². The third-order valence-electron chi connectivity index (χ3n) is 6.40. The van der Waals surface area contributed by atoms with Gasteiger partial charge in [0, 0.05) is 26.2 Å². The molecule has 4 atom stereocenters. The quantitative estimate of drug-likeness (QED) is 0.729. The van der Waals surface area contributed by atoms with Crippen LogP contribution < -0.4 is 14.8 Å². The van der Waals surface area contributed by atoms with Crippen LogP contribution in [-0.2, 0) is 29.2 Å². The molecule has 1 amide bonds. The molecule has 1 N–H and O–H groups in total. The molecule has 160 valence electrons. The summed E-state index contributed by atoms with van der Waals surface area (Å²) in [6, 6.07) is 6.20. The van der Waals surface area contributed by atoms with Crippen LogP contribution in [0.15, 0.2) is 24.4 Å². The van der Waals surface area contributed by atoms with E-state index in [4.69, 9.17) is 14.2 Å². The van der Waals surface area contributed by atoms with E-state index in [1.807, 2.05) is 29.1 Å². The second kappa shape index (κ2) is 8.23. The lowest BCUT2D eigenvalue weighted by atomic mass is 9.75. The molecule has 1 aromatic heterocycles. The molecule has 5 heterocycles. The van der Waals surface area contributed by atoms with Crippen molar-refractivity contribution in [1.82, 2.24) is 25.2 Å². The second-order valence-electron chi connectivity index (χ2n) is 8.31. The molecule has 0 spiro atoms. The standard InChI is InChI=1S/C21H27N5O4/c1-28-12-16-9-26(24-23-16)10-17-7-15-4-5-25(17)11-18(15)21(27)22-8-14-2-3-19-20(6-14)30-13-29-19/h2-3,6,9,15,17-18H,4-5,7-8,10-13H2,1H3,(H,22,27)/t15?,17-,18+/m1/s1. The first-order valence-electron chi connectivity index (χ1n) is 10.5. The monoisotopic (exact) mass is 413 g/mol. The van der Waals surface area contributed by atoms with Crippen LogP contribution in [0.1, 0.15) is 24.1 Å². The minimum atomic E-state index is 0.0452.